The molecule has 9 nitrogen and oxygen atoms in total. The van der Waals surface area contributed by atoms with Gasteiger partial charge in [-0.05, 0) is 0 Å². The highest BCUT2D eigenvalue weighted by Gasteiger charge is 1.78. The third kappa shape index (κ3) is 1560. The van der Waals surface area contributed by atoms with Gasteiger partial charge in [0.05, 0.1) is 0 Å². The Morgan fingerprint density at radius 2 is 0.833 bits per heavy atom. The summed E-state index contributed by atoms with van der Waals surface area (Å²) in [6, 6.07) is 0. The summed E-state index contributed by atoms with van der Waals surface area (Å²) in [5, 5.41) is 0. The summed E-state index contributed by atoms with van der Waals surface area (Å²) < 4.78 is 24.0. The van der Waals surface area contributed by atoms with Gasteiger partial charge in [0.1, 0.15) is 0 Å². The highest BCUT2D eigenvalue weighted by atomic mass is 32.9. The van der Waals surface area contributed by atoms with Gasteiger partial charge in [-0.1, -0.05) is 0 Å². The van der Waals surface area contributed by atoms with Crippen molar-refractivity contribution >= 4 is 43.3 Å². The van der Waals surface area contributed by atoms with E-state index >= 15 is 0 Å². The first kappa shape index (κ1) is 77.1. The van der Waals surface area contributed by atoms with Gasteiger partial charge in [-0.15, -0.1) is 0 Å². The van der Waals surface area contributed by atoms with E-state index in [1.807, 2.05) is 0 Å². The first-order chi connectivity index (χ1) is 2.00. The Morgan fingerprint density at radius 1 is 0.833 bits per heavy atom. The number of hydrogen-bond acceptors (Lipinski definition) is 2. The summed E-state index contributed by atoms with van der Waals surface area (Å²) in [7, 11) is -3.83. The normalized spacial score (nSPS) is 4.83. The molecule has 0 aromatic rings. The Kier molecular flexibility index (Phi) is 191. The quantitative estimate of drug-likeness (QED) is 0.396. The minimum Gasteiger partial charge on any atom is -0.412 e. The van der Waals surface area contributed by atoms with E-state index in [4.69, 9.17) is 13.3 Å². The van der Waals surface area contributed by atoms with Crippen molar-refractivity contribution in [3.8, 4) is 0 Å². The van der Waals surface area contributed by atoms with Crippen LogP contribution in [0.15, 0.2) is 0 Å². The smallest absolute Gasteiger partial charge is 0.263 e. The highest BCUT2D eigenvalue weighted by molar-refractivity contribution is 8.26. The van der Waals surface area contributed by atoms with Crippen LogP contribution in [0.2, 0.25) is 0 Å². The summed E-state index contributed by atoms with van der Waals surface area (Å²) in [5.74, 6) is 0. The van der Waals surface area contributed by atoms with Gasteiger partial charge in [0, 0.05) is 34.2 Å². The van der Waals surface area contributed by atoms with E-state index in [-0.39, 0.29) is 55.9 Å². The standard InChI is InChI=1S/Mg.H2O3S2.6H2O/c;1-5(2,3)4;;;;;;/h;(H2,1,2,3,4);6*1H2. The van der Waals surface area contributed by atoms with Crippen LogP contribution in [-0.4, -0.2) is 69.2 Å². The zero-order valence-corrected chi connectivity index (χ0v) is 8.87. The van der Waals surface area contributed by atoms with Gasteiger partial charge in [-0.2, -0.15) is 4.21 Å². The Bertz CT molecular complexity index is 95.7. The van der Waals surface area contributed by atoms with Gasteiger partial charge in [0.25, 0.3) is 9.05 Å². The SMILES string of the molecule is O.O.O.O.O.O.O=S(O)(O)=S.[Mg]. The molecule has 82 valence electrons. The summed E-state index contributed by atoms with van der Waals surface area (Å²) in [6.07, 6.45) is 0. The van der Waals surface area contributed by atoms with Crippen molar-refractivity contribution in [1.29, 1.82) is 0 Å². The van der Waals surface area contributed by atoms with E-state index in [2.05, 4.69) is 11.2 Å². The zero-order chi connectivity index (χ0) is 4.50. The Morgan fingerprint density at radius 3 is 0.833 bits per heavy atom. The van der Waals surface area contributed by atoms with Gasteiger partial charge >= 0.3 is 0 Å². The van der Waals surface area contributed by atoms with Crippen molar-refractivity contribution < 1.29 is 46.2 Å². The molecule has 0 saturated heterocycles. The van der Waals surface area contributed by atoms with Crippen LogP contribution in [0.4, 0.5) is 0 Å². The van der Waals surface area contributed by atoms with E-state index < -0.39 is 9.05 Å². The maximum atomic E-state index is 9.11. The van der Waals surface area contributed by atoms with Crippen LogP contribution in [0, 0.1) is 0 Å². The van der Waals surface area contributed by atoms with Gasteiger partial charge in [-0.3, -0.25) is 9.11 Å². The van der Waals surface area contributed by atoms with Gasteiger partial charge in [-0.25, -0.2) is 0 Å². The molecule has 0 aromatic carbocycles. The largest absolute Gasteiger partial charge is 0.412 e. The molecular formula is H14MgO9S2. The topological polar surface area (TPSA) is 247 Å². The third-order valence-corrected chi connectivity index (χ3v) is 0. The molecule has 0 aliphatic heterocycles. The molecule has 12 heavy (non-hydrogen) atoms. The van der Waals surface area contributed by atoms with Crippen LogP contribution >= 0.6 is 0 Å². The second-order valence-corrected chi connectivity index (χ2v) is 2.65. The molecule has 0 rings (SSSR count). The molecule has 0 aliphatic carbocycles. The molecule has 0 bridgehead atoms. The molecule has 0 saturated carbocycles. The Balaban J connectivity index is -0.00000000381. The highest BCUT2D eigenvalue weighted by Crippen LogP contribution is 1.62. The van der Waals surface area contributed by atoms with Gasteiger partial charge < -0.3 is 32.9 Å². The van der Waals surface area contributed by atoms with Crippen molar-refractivity contribution in [1.82, 2.24) is 0 Å². The van der Waals surface area contributed by atoms with Crippen molar-refractivity contribution in [2.24, 2.45) is 0 Å². The summed E-state index contributed by atoms with van der Waals surface area (Å²) in [4.78, 5) is 0. The molecule has 2 radical (unpaired) electrons. The first-order valence-corrected chi connectivity index (χ1v) is 3.10. The number of rotatable bonds is 0. The van der Waals surface area contributed by atoms with Gasteiger partial charge in [0.2, 0.25) is 0 Å². The lowest BCUT2D eigenvalue weighted by atomic mass is 15.8. The number of hydrogen-bond donors (Lipinski definition) is 2. The van der Waals surface area contributed by atoms with E-state index in [1.54, 1.807) is 0 Å². The molecule has 0 unspecified atom stereocenters. The van der Waals surface area contributed by atoms with Crippen molar-refractivity contribution in [2.45, 2.75) is 0 Å². The minimum absolute atomic E-state index is 0. The molecule has 0 aromatic heterocycles. The van der Waals surface area contributed by atoms with E-state index in [0.717, 1.165) is 0 Å². The second kappa shape index (κ2) is 29.8. The second-order valence-electron chi connectivity index (χ2n) is 0.448. The Labute approximate surface area is 89.5 Å². The monoisotopic (exact) mass is 246 g/mol. The van der Waals surface area contributed by atoms with Crippen LogP contribution in [0.25, 0.3) is 0 Å². The average molecular weight is 247 g/mol. The van der Waals surface area contributed by atoms with Crippen molar-refractivity contribution in [3.63, 3.8) is 0 Å². The zero-order valence-electron chi connectivity index (χ0n) is 5.83. The maximum Gasteiger partial charge on any atom is 0.263 e. The lowest BCUT2D eigenvalue weighted by molar-refractivity contribution is 0.450. The summed E-state index contributed by atoms with van der Waals surface area (Å²) >= 11 is 3.47. The fourth-order valence-electron chi connectivity index (χ4n) is 0. The fraction of sp³-hybridized carbons (Fsp3) is 0. The van der Waals surface area contributed by atoms with Crippen LogP contribution in [-0.2, 0) is 20.2 Å². The third-order valence-electron chi connectivity index (χ3n) is 0. The summed E-state index contributed by atoms with van der Waals surface area (Å²) in [5.41, 5.74) is 0. The molecule has 0 amide bonds. The van der Waals surface area contributed by atoms with Gasteiger partial charge in [0.15, 0.2) is 0 Å². The average Bonchev–Trinajstić information content (AvgIpc) is 0.722. The molecule has 0 heterocycles. The van der Waals surface area contributed by atoms with Crippen LogP contribution in [0.3, 0.4) is 0 Å². The molecule has 0 fully saturated rings. The van der Waals surface area contributed by atoms with Crippen LogP contribution < -0.4 is 0 Å². The maximum absolute atomic E-state index is 9.11. The molecule has 14 N–H and O–H groups in total. The van der Waals surface area contributed by atoms with E-state index in [1.165, 1.54) is 0 Å². The lowest BCUT2D eigenvalue weighted by Gasteiger charge is -1.73. The molecule has 0 atom stereocenters. The minimum atomic E-state index is -3.83. The summed E-state index contributed by atoms with van der Waals surface area (Å²) in [6.45, 7) is 0. The van der Waals surface area contributed by atoms with Crippen molar-refractivity contribution in [2.75, 3.05) is 0 Å². The Hall–Kier alpha value is 0.816. The van der Waals surface area contributed by atoms with E-state index in [9.17, 15) is 0 Å². The van der Waals surface area contributed by atoms with E-state index in [0.29, 0.717) is 0 Å². The fourth-order valence-corrected chi connectivity index (χ4v) is 0. The lowest BCUT2D eigenvalue weighted by Crippen LogP contribution is -1.86. The van der Waals surface area contributed by atoms with Crippen LogP contribution in [0.5, 0.6) is 0 Å². The predicted octanol–water partition coefficient (Wildman–Crippen LogP) is -5.65. The molecule has 12 heteroatoms. The van der Waals surface area contributed by atoms with Crippen LogP contribution in [0.1, 0.15) is 0 Å². The molecular weight excluding hydrogens is 232 g/mol. The molecule has 0 spiro atoms. The molecule has 0 aliphatic rings. The van der Waals surface area contributed by atoms with Crippen molar-refractivity contribution in [3.05, 3.63) is 0 Å². The first-order valence-electron chi connectivity index (χ1n) is 0.698. The predicted molar refractivity (Wildman–Crippen MR) is 48.2 cm³/mol.